The molecule has 0 saturated carbocycles. The van der Waals surface area contributed by atoms with Gasteiger partial charge in [-0.1, -0.05) is 0 Å². The normalized spacial score (nSPS) is 43.1. The third-order valence-corrected chi connectivity index (χ3v) is 6.15. The number of hydrogen-bond acceptors (Lipinski definition) is 9. The summed E-state index contributed by atoms with van der Waals surface area (Å²) in [4.78, 5) is 18.3. The Hall–Kier alpha value is 0.370. The van der Waals surface area contributed by atoms with E-state index in [1.807, 2.05) is 0 Å². The van der Waals surface area contributed by atoms with Gasteiger partial charge in [-0.05, 0) is 0 Å². The first-order valence-corrected chi connectivity index (χ1v) is 8.49. The van der Waals surface area contributed by atoms with E-state index in [1.165, 1.54) is 4.90 Å². The zero-order valence-electron chi connectivity index (χ0n) is 8.07. The molecule has 2 N–H and O–H groups in total. The fourth-order valence-corrected chi connectivity index (χ4v) is 5.12. The maximum atomic E-state index is 11.7. The van der Waals surface area contributed by atoms with Crippen LogP contribution in [0.5, 0.6) is 0 Å². The van der Waals surface area contributed by atoms with E-state index >= 15 is 0 Å². The van der Waals surface area contributed by atoms with Crippen LogP contribution in [0, 0.1) is 0 Å². The van der Waals surface area contributed by atoms with Gasteiger partial charge in [0.1, 0.15) is 20.2 Å². The van der Waals surface area contributed by atoms with Crippen LogP contribution in [0.4, 0.5) is 0 Å². The smallest absolute Gasteiger partial charge is 0.302 e. The fourth-order valence-electron chi connectivity index (χ4n) is 0.968. The van der Waals surface area contributed by atoms with Crippen LogP contribution < -0.4 is 0 Å². The third-order valence-electron chi connectivity index (χ3n) is 1.60. The Morgan fingerprint density at radius 1 is 1.12 bits per heavy atom. The molecule has 3 rings (SSSR count). The van der Waals surface area contributed by atoms with E-state index < -0.39 is 30.2 Å². The molecule has 0 aromatic carbocycles. The highest BCUT2D eigenvalue weighted by Crippen LogP contribution is 2.72. The summed E-state index contributed by atoms with van der Waals surface area (Å²) in [6.07, 6.45) is 0. The van der Waals surface area contributed by atoms with Crippen LogP contribution in [-0.2, 0) is 35.9 Å². The van der Waals surface area contributed by atoms with Crippen molar-refractivity contribution in [1.29, 1.82) is 0 Å². The lowest BCUT2D eigenvalue weighted by molar-refractivity contribution is -0.0796. The Morgan fingerprint density at radius 3 is 2.18 bits per heavy atom. The Balaban J connectivity index is 2.22. The molecule has 3 aliphatic heterocycles. The van der Waals surface area contributed by atoms with Crippen molar-refractivity contribution in [3.63, 3.8) is 0 Å². The van der Waals surface area contributed by atoms with E-state index in [9.17, 15) is 13.7 Å². The molecule has 3 aliphatic rings. The summed E-state index contributed by atoms with van der Waals surface area (Å²) in [6.45, 7) is -0.711. The highest BCUT2D eigenvalue weighted by molar-refractivity contribution is 7.67. The summed E-state index contributed by atoms with van der Waals surface area (Å²) >= 11 is 0. The van der Waals surface area contributed by atoms with Crippen molar-refractivity contribution in [1.82, 2.24) is 4.90 Å². The number of phosphoric ester groups is 1. The Bertz CT molecular complexity index is 430. The minimum atomic E-state index is -5.15. The molecule has 2 bridgehead atoms. The third kappa shape index (κ3) is 3.66. The van der Waals surface area contributed by atoms with Crippen LogP contribution in [0.1, 0.15) is 0 Å². The monoisotopic (exact) mass is 311 g/mol. The minimum absolute atomic E-state index is 0.160. The number of hydrogen-bond donors (Lipinski definition) is 2. The molecule has 3 heterocycles. The van der Waals surface area contributed by atoms with Crippen LogP contribution in [0.25, 0.3) is 0 Å². The van der Waals surface area contributed by atoms with Crippen LogP contribution in [0.3, 0.4) is 0 Å². The second kappa shape index (κ2) is 4.48. The number of rotatable bonds is 2. The summed E-state index contributed by atoms with van der Waals surface area (Å²) in [5.41, 5.74) is 0. The molecule has 0 aromatic rings. The average molecular weight is 311 g/mol. The Morgan fingerprint density at radius 2 is 1.65 bits per heavy atom. The minimum Gasteiger partial charge on any atom is -0.302 e. The van der Waals surface area contributed by atoms with E-state index in [2.05, 4.69) is 22.2 Å². The van der Waals surface area contributed by atoms with E-state index in [4.69, 9.17) is 9.79 Å². The lowest BCUT2D eigenvalue weighted by Gasteiger charge is -2.35. The number of nitrogens with zero attached hydrogens (tertiary/aromatic N) is 1. The molecule has 14 heteroatoms. The van der Waals surface area contributed by atoms with Gasteiger partial charge in [-0.2, -0.15) is 8.62 Å². The van der Waals surface area contributed by atoms with Crippen molar-refractivity contribution >= 4 is 23.5 Å². The second-order valence-corrected chi connectivity index (χ2v) is 7.84. The fraction of sp³-hybridized carbons (Fsp3) is 1.00. The van der Waals surface area contributed by atoms with Crippen LogP contribution in [0.15, 0.2) is 0 Å². The molecule has 3 saturated heterocycles. The maximum Gasteiger partial charge on any atom is 0.493 e. The van der Waals surface area contributed by atoms with E-state index in [0.717, 1.165) is 0 Å². The summed E-state index contributed by atoms with van der Waals surface area (Å²) in [5, 5.41) is 0. The van der Waals surface area contributed by atoms with Crippen molar-refractivity contribution in [2.24, 2.45) is 0 Å². The predicted octanol–water partition coefficient (Wildman–Crippen LogP) is 0.580. The average Bonchev–Trinajstić information content (AvgIpc) is 2.11. The summed E-state index contributed by atoms with van der Waals surface area (Å²) in [7, 11) is -14.1. The van der Waals surface area contributed by atoms with Crippen molar-refractivity contribution in [3.05, 3.63) is 0 Å². The van der Waals surface area contributed by atoms with E-state index in [1.54, 1.807) is 0 Å². The SMILES string of the molecule is O=P(O)(O)OP1(=O)OCN2COP(=O)(OC2)O1. The van der Waals surface area contributed by atoms with Gasteiger partial charge >= 0.3 is 23.5 Å². The van der Waals surface area contributed by atoms with Crippen molar-refractivity contribution < 1.29 is 45.7 Å². The van der Waals surface area contributed by atoms with Gasteiger partial charge in [0.25, 0.3) is 0 Å². The highest BCUT2D eigenvalue weighted by Gasteiger charge is 2.49. The van der Waals surface area contributed by atoms with Crippen molar-refractivity contribution in [2.75, 3.05) is 20.2 Å². The van der Waals surface area contributed by atoms with Gasteiger partial charge in [0.15, 0.2) is 0 Å². The van der Waals surface area contributed by atoms with Crippen LogP contribution >= 0.6 is 23.5 Å². The lowest BCUT2D eigenvalue weighted by atomic mass is 10.9. The van der Waals surface area contributed by atoms with Crippen molar-refractivity contribution in [2.45, 2.75) is 0 Å². The molecule has 0 aliphatic carbocycles. The molecule has 11 nitrogen and oxygen atoms in total. The summed E-state index contributed by atoms with van der Waals surface area (Å²) in [6, 6.07) is 0. The Kier molecular flexibility index (Phi) is 3.64. The van der Waals surface area contributed by atoms with Gasteiger partial charge in [0, 0.05) is 0 Å². The summed E-state index contributed by atoms with van der Waals surface area (Å²) < 4.78 is 55.9. The molecule has 1 unspecified atom stereocenters. The molecular weight excluding hydrogens is 303 g/mol. The largest absolute Gasteiger partial charge is 0.493 e. The van der Waals surface area contributed by atoms with Gasteiger partial charge in [-0.15, -0.1) is 0 Å². The van der Waals surface area contributed by atoms with E-state index in [-0.39, 0.29) is 13.5 Å². The standard InChI is InChI=1S/C3H8NO10P3/c5-15(6,7)13-17(9)12-3-4-1-10-16(8,14-17)11-2-4/h1-3H2,(H2,5,6,7). The number of fused-ring (bicyclic) bond motifs is 5. The highest BCUT2D eigenvalue weighted by atomic mass is 31.3. The summed E-state index contributed by atoms with van der Waals surface area (Å²) in [5.74, 6) is 0. The topological polar surface area (TPSA) is 141 Å². The molecule has 0 aromatic heterocycles. The quantitative estimate of drug-likeness (QED) is 0.691. The molecule has 3 fully saturated rings. The predicted molar refractivity (Wildman–Crippen MR) is 49.1 cm³/mol. The molecule has 100 valence electrons. The van der Waals surface area contributed by atoms with Gasteiger partial charge in [0.05, 0.1) is 0 Å². The van der Waals surface area contributed by atoms with Crippen LogP contribution in [-0.4, -0.2) is 34.9 Å². The van der Waals surface area contributed by atoms with E-state index in [0.29, 0.717) is 0 Å². The first-order chi connectivity index (χ1) is 7.70. The lowest BCUT2D eigenvalue weighted by Crippen LogP contribution is -2.36. The van der Waals surface area contributed by atoms with Crippen molar-refractivity contribution in [3.8, 4) is 0 Å². The molecule has 0 spiro atoms. The second-order valence-electron chi connectivity index (χ2n) is 2.99. The molecule has 0 amide bonds. The van der Waals surface area contributed by atoms with Gasteiger partial charge in [-0.3, -0.25) is 13.6 Å². The zero-order chi connectivity index (χ0) is 12.7. The van der Waals surface area contributed by atoms with Gasteiger partial charge in [-0.25, -0.2) is 18.6 Å². The Labute approximate surface area is 95.0 Å². The molecule has 0 radical (unpaired) electrons. The first-order valence-electron chi connectivity index (χ1n) is 4.04. The van der Waals surface area contributed by atoms with Gasteiger partial charge < -0.3 is 9.79 Å². The zero-order valence-corrected chi connectivity index (χ0v) is 10.8. The van der Waals surface area contributed by atoms with Crippen LogP contribution in [0.2, 0.25) is 0 Å². The maximum absolute atomic E-state index is 11.7. The first kappa shape index (κ1) is 13.8. The molecule has 17 heavy (non-hydrogen) atoms. The molecular formula is C3H8NO10P3. The van der Waals surface area contributed by atoms with Gasteiger partial charge in [0.2, 0.25) is 0 Å². The molecule has 1 atom stereocenters. The number of phosphoric acid groups is 3.